The Balaban J connectivity index is 1.56. The number of tetrazole rings is 1. The highest BCUT2D eigenvalue weighted by atomic mass is 15.5. The maximum absolute atomic E-state index is 4.30. The van der Waals surface area contributed by atoms with Crippen molar-refractivity contribution in [3.05, 3.63) is 71.3 Å². The molecular formula is C20H22N6. The summed E-state index contributed by atoms with van der Waals surface area (Å²) in [4.78, 5) is 6.63. The molecule has 0 spiro atoms. The molecule has 132 valence electrons. The van der Waals surface area contributed by atoms with Gasteiger partial charge in [0, 0.05) is 25.5 Å². The van der Waals surface area contributed by atoms with Crippen LogP contribution in [0.4, 0.5) is 0 Å². The van der Waals surface area contributed by atoms with Crippen LogP contribution in [-0.2, 0) is 6.54 Å². The van der Waals surface area contributed by atoms with Gasteiger partial charge in [0.25, 0.3) is 0 Å². The Labute approximate surface area is 153 Å². The molecule has 3 heterocycles. The molecule has 0 fully saturated rings. The maximum atomic E-state index is 4.30. The first-order chi connectivity index (χ1) is 12.7. The van der Waals surface area contributed by atoms with Gasteiger partial charge >= 0.3 is 0 Å². The molecule has 4 rings (SSSR count). The number of para-hydroxylation sites is 1. The SMILES string of the molecule is Cc1cccc(C)c1-n1nnnc1CN1CCC=C(c2cccnc2)C1. The number of rotatable bonds is 4. The van der Waals surface area contributed by atoms with E-state index in [4.69, 9.17) is 0 Å². The highest BCUT2D eigenvalue weighted by Gasteiger charge is 2.19. The second-order valence-corrected chi connectivity index (χ2v) is 6.72. The van der Waals surface area contributed by atoms with Gasteiger partial charge in [-0.25, -0.2) is 0 Å². The second-order valence-electron chi connectivity index (χ2n) is 6.72. The number of benzene rings is 1. The number of pyridine rings is 1. The number of nitrogens with zero attached hydrogens (tertiary/aromatic N) is 6. The van der Waals surface area contributed by atoms with E-state index in [9.17, 15) is 0 Å². The molecule has 6 heteroatoms. The van der Waals surface area contributed by atoms with E-state index in [1.807, 2.05) is 23.1 Å². The minimum Gasteiger partial charge on any atom is -0.291 e. The Morgan fingerprint density at radius 1 is 1.08 bits per heavy atom. The van der Waals surface area contributed by atoms with Gasteiger partial charge in [0.05, 0.1) is 12.2 Å². The predicted octanol–water partition coefficient (Wildman–Crippen LogP) is 2.96. The van der Waals surface area contributed by atoms with Gasteiger partial charge < -0.3 is 0 Å². The van der Waals surface area contributed by atoms with Gasteiger partial charge in [0.1, 0.15) is 0 Å². The summed E-state index contributed by atoms with van der Waals surface area (Å²) in [5.41, 5.74) is 5.93. The molecule has 0 saturated carbocycles. The zero-order chi connectivity index (χ0) is 17.9. The van der Waals surface area contributed by atoms with Crippen LogP contribution >= 0.6 is 0 Å². The molecular weight excluding hydrogens is 324 g/mol. The van der Waals surface area contributed by atoms with Crippen molar-refractivity contribution in [3.63, 3.8) is 0 Å². The first kappa shape index (κ1) is 16.6. The fourth-order valence-electron chi connectivity index (χ4n) is 3.52. The molecule has 1 aliphatic rings. The summed E-state index contributed by atoms with van der Waals surface area (Å²) in [5.74, 6) is 0.870. The van der Waals surface area contributed by atoms with E-state index in [1.165, 1.54) is 22.3 Å². The van der Waals surface area contributed by atoms with E-state index in [2.05, 4.69) is 69.6 Å². The van der Waals surface area contributed by atoms with Crippen LogP contribution in [0.25, 0.3) is 11.3 Å². The van der Waals surface area contributed by atoms with Crippen LogP contribution in [-0.4, -0.2) is 43.2 Å². The minimum absolute atomic E-state index is 0.721. The van der Waals surface area contributed by atoms with Gasteiger partial charge in [-0.15, -0.1) is 5.10 Å². The smallest absolute Gasteiger partial charge is 0.170 e. The van der Waals surface area contributed by atoms with Crippen molar-refractivity contribution in [2.45, 2.75) is 26.8 Å². The molecule has 0 atom stereocenters. The Bertz CT molecular complexity index is 908. The topological polar surface area (TPSA) is 59.7 Å². The van der Waals surface area contributed by atoms with Crippen molar-refractivity contribution in [1.82, 2.24) is 30.1 Å². The maximum Gasteiger partial charge on any atom is 0.170 e. The van der Waals surface area contributed by atoms with Gasteiger partial charge in [-0.3, -0.25) is 9.88 Å². The predicted molar refractivity (Wildman–Crippen MR) is 101 cm³/mol. The van der Waals surface area contributed by atoms with Gasteiger partial charge in [-0.05, 0) is 59.0 Å². The second kappa shape index (κ2) is 7.17. The molecule has 0 aliphatic carbocycles. The van der Waals surface area contributed by atoms with Crippen LogP contribution < -0.4 is 0 Å². The summed E-state index contributed by atoms with van der Waals surface area (Å²) in [7, 11) is 0. The fraction of sp³-hybridized carbons (Fsp3) is 0.300. The highest BCUT2D eigenvalue weighted by molar-refractivity contribution is 5.66. The van der Waals surface area contributed by atoms with Gasteiger partial charge in [-0.1, -0.05) is 30.3 Å². The van der Waals surface area contributed by atoms with Crippen molar-refractivity contribution in [1.29, 1.82) is 0 Å². The van der Waals surface area contributed by atoms with Crippen molar-refractivity contribution >= 4 is 5.57 Å². The number of hydrogen-bond donors (Lipinski definition) is 0. The first-order valence-electron chi connectivity index (χ1n) is 8.88. The van der Waals surface area contributed by atoms with Crippen molar-refractivity contribution in [2.24, 2.45) is 0 Å². The molecule has 1 aliphatic heterocycles. The molecule has 0 bridgehead atoms. The summed E-state index contributed by atoms with van der Waals surface area (Å²) >= 11 is 0. The first-order valence-corrected chi connectivity index (χ1v) is 8.88. The van der Waals surface area contributed by atoms with Crippen LogP contribution in [0.15, 0.2) is 48.8 Å². The molecule has 26 heavy (non-hydrogen) atoms. The summed E-state index contributed by atoms with van der Waals surface area (Å²) in [6.45, 7) is 6.79. The Morgan fingerprint density at radius 2 is 1.92 bits per heavy atom. The minimum atomic E-state index is 0.721. The van der Waals surface area contributed by atoms with E-state index in [0.29, 0.717) is 0 Å². The molecule has 0 unspecified atom stereocenters. The van der Waals surface area contributed by atoms with Crippen molar-refractivity contribution in [2.75, 3.05) is 13.1 Å². The summed E-state index contributed by atoms with van der Waals surface area (Å²) in [6, 6.07) is 10.4. The van der Waals surface area contributed by atoms with E-state index in [0.717, 1.165) is 37.6 Å². The molecule has 6 nitrogen and oxygen atoms in total. The molecule has 0 N–H and O–H groups in total. The number of aromatic nitrogens is 5. The Kier molecular flexibility index (Phi) is 4.58. The zero-order valence-corrected chi connectivity index (χ0v) is 15.1. The quantitative estimate of drug-likeness (QED) is 0.727. The molecule has 1 aromatic carbocycles. The molecule has 0 radical (unpaired) electrons. The zero-order valence-electron chi connectivity index (χ0n) is 15.1. The third-order valence-electron chi connectivity index (χ3n) is 4.81. The monoisotopic (exact) mass is 346 g/mol. The van der Waals surface area contributed by atoms with Crippen LogP contribution in [0.2, 0.25) is 0 Å². The van der Waals surface area contributed by atoms with Crippen molar-refractivity contribution < 1.29 is 0 Å². The normalized spacial score (nSPS) is 15.1. The Hall–Kier alpha value is -2.86. The lowest BCUT2D eigenvalue weighted by Gasteiger charge is -2.27. The van der Waals surface area contributed by atoms with Gasteiger partial charge in [0.2, 0.25) is 0 Å². The molecule has 3 aromatic rings. The van der Waals surface area contributed by atoms with E-state index < -0.39 is 0 Å². The van der Waals surface area contributed by atoms with E-state index in [1.54, 1.807) is 0 Å². The average molecular weight is 346 g/mol. The van der Waals surface area contributed by atoms with Crippen LogP contribution in [0.1, 0.15) is 28.9 Å². The van der Waals surface area contributed by atoms with E-state index >= 15 is 0 Å². The standard InChI is InChI=1S/C20H22N6/c1-15-6-3-7-16(2)20(15)26-19(22-23-24-26)14-25-11-5-9-18(13-25)17-8-4-10-21-12-17/h3-4,6-10,12H,5,11,13-14H2,1-2H3. The van der Waals surface area contributed by atoms with Gasteiger partial charge in [-0.2, -0.15) is 4.68 Å². The van der Waals surface area contributed by atoms with Crippen LogP contribution in [0, 0.1) is 13.8 Å². The lowest BCUT2D eigenvalue weighted by Crippen LogP contribution is -2.30. The lowest BCUT2D eigenvalue weighted by molar-refractivity contribution is 0.286. The molecule has 0 amide bonds. The van der Waals surface area contributed by atoms with Crippen molar-refractivity contribution in [3.8, 4) is 5.69 Å². The highest BCUT2D eigenvalue weighted by Crippen LogP contribution is 2.23. The number of hydrogen-bond acceptors (Lipinski definition) is 5. The number of aryl methyl sites for hydroxylation is 2. The molecule has 2 aromatic heterocycles. The summed E-state index contributed by atoms with van der Waals surface area (Å²) in [5, 5.41) is 12.5. The van der Waals surface area contributed by atoms with Crippen LogP contribution in [0.5, 0.6) is 0 Å². The fourth-order valence-corrected chi connectivity index (χ4v) is 3.52. The third-order valence-corrected chi connectivity index (χ3v) is 4.81. The third kappa shape index (κ3) is 3.28. The summed E-state index contributed by atoms with van der Waals surface area (Å²) in [6.07, 6.45) is 7.07. The lowest BCUT2D eigenvalue weighted by atomic mass is 10.0. The molecule has 0 saturated heterocycles. The average Bonchev–Trinajstić information content (AvgIpc) is 3.10. The largest absolute Gasteiger partial charge is 0.291 e. The van der Waals surface area contributed by atoms with Crippen LogP contribution in [0.3, 0.4) is 0 Å². The Morgan fingerprint density at radius 3 is 2.69 bits per heavy atom. The van der Waals surface area contributed by atoms with Gasteiger partial charge in [0.15, 0.2) is 5.82 Å². The van der Waals surface area contributed by atoms with E-state index in [-0.39, 0.29) is 0 Å². The summed E-state index contributed by atoms with van der Waals surface area (Å²) < 4.78 is 1.88.